The van der Waals surface area contributed by atoms with E-state index in [1.165, 1.54) is 89.0 Å². The number of nitrogens with one attached hydrogen (secondary N) is 1. The van der Waals surface area contributed by atoms with Crippen LogP contribution in [-0.2, 0) is 11.2 Å². The molecule has 1 amide bonds. The van der Waals surface area contributed by atoms with Crippen molar-refractivity contribution in [2.24, 2.45) is 0 Å². The van der Waals surface area contributed by atoms with Gasteiger partial charge in [0.15, 0.2) is 5.13 Å². The molecule has 4 heteroatoms. The molecule has 0 saturated carbocycles. The van der Waals surface area contributed by atoms with Crippen molar-refractivity contribution >= 4 is 32.6 Å². The minimum Gasteiger partial charge on any atom is -0.302 e. The first-order valence-corrected chi connectivity index (χ1v) is 13.7. The molecule has 0 atom stereocenters. The van der Waals surface area contributed by atoms with E-state index in [9.17, 15) is 4.79 Å². The predicted octanol–water partition coefficient (Wildman–Crippen LogP) is 9.06. The second-order valence-corrected chi connectivity index (χ2v) is 9.95. The molecule has 1 heterocycles. The number of nitrogens with zero attached hydrogens (tertiary/aromatic N) is 1. The van der Waals surface area contributed by atoms with Crippen LogP contribution in [0.2, 0.25) is 0 Å². The number of thiazole rings is 1. The summed E-state index contributed by atoms with van der Waals surface area (Å²) in [5.74, 6) is 0.101. The molecule has 31 heavy (non-hydrogen) atoms. The van der Waals surface area contributed by atoms with Crippen LogP contribution in [0.4, 0.5) is 5.13 Å². The van der Waals surface area contributed by atoms with E-state index in [4.69, 9.17) is 0 Å². The third-order valence-electron chi connectivity index (χ3n) is 6.11. The molecule has 0 bridgehead atoms. The summed E-state index contributed by atoms with van der Waals surface area (Å²) in [5.41, 5.74) is 2.29. The lowest BCUT2D eigenvalue weighted by molar-refractivity contribution is -0.116. The Morgan fingerprint density at radius 1 is 0.806 bits per heavy atom. The van der Waals surface area contributed by atoms with E-state index in [1.807, 2.05) is 0 Å². The monoisotopic (exact) mass is 444 g/mol. The van der Waals surface area contributed by atoms with Crippen LogP contribution in [0.1, 0.15) is 122 Å². The molecular formula is C27H44N2OS. The third-order valence-corrected chi connectivity index (χ3v) is 7.05. The molecule has 2 rings (SSSR count). The van der Waals surface area contributed by atoms with Crippen LogP contribution >= 0.6 is 11.3 Å². The molecule has 1 aromatic heterocycles. The van der Waals surface area contributed by atoms with Crippen molar-refractivity contribution in [1.82, 2.24) is 4.98 Å². The number of rotatable bonds is 18. The Balaban J connectivity index is 1.42. The molecule has 174 valence electrons. The number of amides is 1. The molecule has 3 nitrogen and oxygen atoms in total. The fourth-order valence-electron chi connectivity index (χ4n) is 4.08. The summed E-state index contributed by atoms with van der Waals surface area (Å²) in [6.07, 6.45) is 21.8. The topological polar surface area (TPSA) is 42.0 Å². The summed E-state index contributed by atoms with van der Waals surface area (Å²) in [5, 5.41) is 3.72. The number of fused-ring (bicyclic) bond motifs is 1. The average molecular weight is 445 g/mol. The number of carbonyl (C=O) groups is 1. The Bertz CT molecular complexity index is 740. The SMILES string of the molecule is CCCCCCCCCCCCCCCCCC(=O)Nc1nc2ccc(CC)cc2s1. The van der Waals surface area contributed by atoms with E-state index in [0.717, 1.165) is 34.6 Å². The van der Waals surface area contributed by atoms with Gasteiger partial charge in [-0.25, -0.2) is 4.98 Å². The fourth-order valence-corrected chi connectivity index (χ4v) is 5.03. The molecule has 1 N–H and O–H groups in total. The zero-order chi connectivity index (χ0) is 22.2. The second kappa shape index (κ2) is 16.2. The Labute approximate surface area is 194 Å². The summed E-state index contributed by atoms with van der Waals surface area (Å²) in [6, 6.07) is 6.34. The molecule has 0 aliphatic carbocycles. The molecule has 2 aromatic rings. The highest BCUT2D eigenvalue weighted by Crippen LogP contribution is 2.27. The first kappa shape index (κ1) is 25.8. The van der Waals surface area contributed by atoms with E-state index >= 15 is 0 Å². The van der Waals surface area contributed by atoms with Gasteiger partial charge in [-0.1, -0.05) is 121 Å². The highest BCUT2D eigenvalue weighted by molar-refractivity contribution is 7.22. The lowest BCUT2D eigenvalue weighted by atomic mass is 10.0. The van der Waals surface area contributed by atoms with E-state index in [-0.39, 0.29) is 5.91 Å². The maximum Gasteiger partial charge on any atom is 0.226 e. The Morgan fingerprint density at radius 2 is 1.35 bits per heavy atom. The summed E-state index contributed by atoms with van der Waals surface area (Å²) >= 11 is 1.58. The maximum atomic E-state index is 12.2. The van der Waals surface area contributed by atoms with Gasteiger partial charge in [-0.05, 0) is 30.5 Å². The molecule has 0 spiro atoms. The summed E-state index contributed by atoms with van der Waals surface area (Å²) in [4.78, 5) is 16.7. The summed E-state index contributed by atoms with van der Waals surface area (Å²) in [6.45, 7) is 4.44. The molecule has 0 saturated heterocycles. The van der Waals surface area contributed by atoms with Gasteiger partial charge in [0.25, 0.3) is 0 Å². The van der Waals surface area contributed by atoms with Gasteiger partial charge in [0.05, 0.1) is 10.2 Å². The average Bonchev–Trinajstić information content (AvgIpc) is 3.17. The normalized spacial score (nSPS) is 11.3. The maximum absolute atomic E-state index is 12.2. The number of aryl methyl sites for hydroxylation is 1. The van der Waals surface area contributed by atoms with Crippen LogP contribution in [0.25, 0.3) is 10.2 Å². The molecular weight excluding hydrogens is 400 g/mol. The van der Waals surface area contributed by atoms with Crippen molar-refractivity contribution in [2.75, 3.05) is 5.32 Å². The molecule has 1 aromatic carbocycles. The smallest absolute Gasteiger partial charge is 0.226 e. The van der Waals surface area contributed by atoms with Gasteiger partial charge in [0, 0.05) is 6.42 Å². The zero-order valence-electron chi connectivity index (χ0n) is 20.0. The summed E-state index contributed by atoms with van der Waals surface area (Å²) < 4.78 is 1.15. The van der Waals surface area contributed by atoms with E-state index in [2.05, 4.69) is 42.3 Å². The standard InChI is InChI=1S/C27H44N2OS/c1-3-5-6-7-8-9-10-11-12-13-14-15-16-17-18-19-26(30)29-27-28-24-21-20-23(4-2)22-25(24)31-27/h20-22H,3-19H2,1-2H3,(H,28,29,30). The number of hydrogen-bond acceptors (Lipinski definition) is 3. The molecule has 0 radical (unpaired) electrons. The first-order valence-electron chi connectivity index (χ1n) is 12.9. The van der Waals surface area contributed by atoms with Gasteiger partial charge in [-0.15, -0.1) is 0 Å². The third kappa shape index (κ3) is 11.1. The van der Waals surface area contributed by atoms with Crippen molar-refractivity contribution in [1.29, 1.82) is 0 Å². The van der Waals surface area contributed by atoms with E-state index in [1.54, 1.807) is 11.3 Å². The Kier molecular flexibility index (Phi) is 13.5. The Hall–Kier alpha value is -1.42. The molecule has 0 fully saturated rings. The van der Waals surface area contributed by atoms with Crippen molar-refractivity contribution in [3.63, 3.8) is 0 Å². The highest BCUT2D eigenvalue weighted by Gasteiger charge is 2.08. The quantitative estimate of drug-likeness (QED) is 0.233. The minimum absolute atomic E-state index is 0.101. The number of benzene rings is 1. The van der Waals surface area contributed by atoms with Gasteiger partial charge >= 0.3 is 0 Å². The van der Waals surface area contributed by atoms with Crippen LogP contribution in [0.5, 0.6) is 0 Å². The van der Waals surface area contributed by atoms with Crippen LogP contribution in [0, 0.1) is 0 Å². The first-order chi connectivity index (χ1) is 15.2. The van der Waals surface area contributed by atoms with Crippen LogP contribution in [-0.4, -0.2) is 10.9 Å². The molecule has 0 unspecified atom stereocenters. The van der Waals surface area contributed by atoms with Crippen molar-refractivity contribution in [3.8, 4) is 0 Å². The van der Waals surface area contributed by atoms with Gasteiger partial charge in [-0.3, -0.25) is 4.79 Å². The van der Waals surface area contributed by atoms with E-state index < -0.39 is 0 Å². The number of carbonyl (C=O) groups excluding carboxylic acids is 1. The predicted molar refractivity (Wildman–Crippen MR) is 137 cm³/mol. The molecule has 0 aliphatic rings. The number of aromatic nitrogens is 1. The van der Waals surface area contributed by atoms with Crippen molar-refractivity contribution in [2.45, 2.75) is 123 Å². The Morgan fingerprint density at radius 3 is 1.90 bits per heavy atom. The molecule has 0 aliphatic heterocycles. The van der Waals surface area contributed by atoms with Crippen molar-refractivity contribution in [3.05, 3.63) is 23.8 Å². The fraction of sp³-hybridized carbons (Fsp3) is 0.704. The zero-order valence-corrected chi connectivity index (χ0v) is 20.8. The van der Waals surface area contributed by atoms with E-state index in [0.29, 0.717) is 6.42 Å². The van der Waals surface area contributed by atoms with Gasteiger partial charge in [0.2, 0.25) is 5.91 Å². The lowest BCUT2D eigenvalue weighted by Crippen LogP contribution is -2.10. The van der Waals surface area contributed by atoms with Crippen LogP contribution in [0.15, 0.2) is 18.2 Å². The van der Waals surface area contributed by atoms with Crippen LogP contribution in [0.3, 0.4) is 0 Å². The van der Waals surface area contributed by atoms with Gasteiger partial charge < -0.3 is 5.32 Å². The van der Waals surface area contributed by atoms with Crippen molar-refractivity contribution < 1.29 is 4.79 Å². The lowest BCUT2D eigenvalue weighted by Gasteiger charge is -2.04. The highest BCUT2D eigenvalue weighted by atomic mass is 32.1. The van der Waals surface area contributed by atoms with Crippen LogP contribution < -0.4 is 5.32 Å². The second-order valence-electron chi connectivity index (χ2n) is 8.92. The van der Waals surface area contributed by atoms with Gasteiger partial charge in [-0.2, -0.15) is 0 Å². The number of anilines is 1. The van der Waals surface area contributed by atoms with Gasteiger partial charge in [0.1, 0.15) is 0 Å². The largest absolute Gasteiger partial charge is 0.302 e. The number of unbranched alkanes of at least 4 members (excludes halogenated alkanes) is 14. The number of hydrogen-bond donors (Lipinski definition) is 1. The minimum atomic E-state index is 0.101. The summed E-state index contributed by atoms with van der Waals surface area (Å²) in [7, 11) is 0.